The molecule has 1 fully saturated rings. The maximum absolute atomic E-state index is 12.3. The van der Waals surface area contributed by atoms with Crippen molar-refractivity contribution in [3.63, 3.8) is 0 Å². The lowest BCUT2D eigenvalue weighted by Gasteiger charge is -2.44. The fraction of sp³-hybridized carbons (Fsp3) is 0.500. The molecular formula is C20H27N3O8. The summed E-state index contributed by atoms with van der Waals surface area (Å²) in [7, 11) is 0. The zero-order chi connectivity index (χ0) is 23.1. The Morgan fingerprint density at radius 2 is 1.84 bits per heavy atom. The van der Waals surface area contributed by atoms with Gasteiger partial charge in [-0.1, -0.05) is 25.3 Å². The van der Waals surface area contributed by atoms with Gasteiger partial charge >= 0.3 is 18.2 Å². The molecule has 4 atom stereocenters. The van der Waals surface area contributed by atoms with Gasteiger partial charge in [0.2, 0.25) is 5.91 Å². The van der Waals surface area contributed by atoms with E-state index in [1.165, 1.54) is 24.0 Å². The molecule has 2 rings (SSSR count). The number of nitrogens with zero attached hydrogens (tertiary/aromatic N) is 1. The van der Waals surface area contributed by atoms with Gasteiger partial charge < -0.3 is 35.2 Å². The summed E-state index contributed by atoms with van der Waals surface area (Å²) >= 11 is 0. The summed E-state index contributed by atoms with van der Waals surface area (Å²) in [6.45, 7) is 8.26. The first-order valence-corrected chi connectivity index (χ1v) is 9.73. The van der Waals surface area contributed by atoms with Crippen molar-refractivity contribution in [1.29, 1.82) is 0 Å². The Hall–Kier alpha value is -3.34. The van der Waals surface area contributed by atoms with Crippen LogP contribution in [0.3, 0.4) is 0 Å². The standard InChI is InChI=1S/C20H27N3O8/c1-4-6-30-19(28)21-10-13(22-20(29)31-7-5-2)8-12-9-14-15(11(3)24)17(25)23(14)16(12)18(26)27/h4-5,11,13-15,24H,1-2,6-10H2,3H3,(H,21,28)(H,22,29)(H,26,27)/t11-,13-,14-,15-/m1/s1. The molecule has 0 bridgehead atoms. The Morgan fingerprint density at radius 1 is 1.23 bits per heavy atom. The molecule has 2 aliphatic rings. The van der Waals surface area contributed by atoms with Crippen molar-refractivity contribution in [2.24, 2.45) is 5.92 Å². The number of ether oxygens (including phenoxy) is 2. The average molecular weight is 437 g/mol. The van der Waals surface area contributed by atoms with Crippen LogP contribution >= 0.6 is 0 Å². The van der Waals surface area contributed by atoms with Crippen molar-refractivity contribution in [1.82, 2.24) is 15.5 Å². The smallest absolute Gasteiger partial charge is 0.407 e. The van der Waals surface area contributed by atoms with E-state index in [-0.39, 0.29) is 38.3 Å². The highest BCUT2D eigenvalue weighted by atomic mass is 16.6. The lowest BCUT2D eigenvalue weighted by molar-refractivity contribution is -0.161. The summed E-state index contributed by atoms with van der Waals surface area (Å²) in [5.41, 5.74) is 0.261. The molecule has 0 radical (unpaired) electrons. The number of β-lactam (4-membered cyclic amide) rings is 1. The van der Waals surface area contributed by atoms with Gasteiger partial charge in [-0.3, -0.25) is 4.79 Å². The van der Waals surface area contributed by atoms with Crippen molar-refractivity contribution in [3.8, 4) is 0 Å². The molecule has 0 aromatic heterocycles. The number of carbonyl (C=O) groups excluding carboxylic acids is 3. The first-order valence-electron chi connectivity index (χ1n) is 9.73. The third-order valence-electron chi connectivity index (χ3n) is 4.99. The molecule has 3 amide bonds. The van der Waals surface area contributed by atoms with E-state index in [0.29, 0.717) is 5.57 Å². The average Bonchev–Trinajstić information content (AvgIpc) is 3.02. The molecule has 31 heavy (non-hydrogen) atoms. The number of alkyl carbamates (subject to hydrolysis) is 2. The van der Waals surface area contributed by atoms with Crippen LogP contribution in [0.5, 0.6) is 0 Å². The van der Waals surface area contributed by atoms with Gasteiger partial charge in [-0.15, -0.1) is 0 Å². The van der Waals surface area contributed by atoms with Crippen LogP contribution in [0, 0.1) is 5.92 Å². The van der Waals surface area contributed by atoms with Gasteiger partial charge in [0.15, 0.2) is 0 Å². The second-order valence-electron chi connectivity index (χ2n) is 7.20. The van der Waals surface area contributed by atoms with Gasteiger partial charge in [-0.2, -0.15) is 0 Å². The number of aliphatic carboxylic acids is 1. The molecule has 11 nitrogen and oxygen atoms in total. The Balaban J connectivity index is 2.15. The molecule has 0 aromatic carbocycles. The van der Waals surface area contributed by atoms with Crippen LogP contribution in [0.2, 0.25) is 0 Å². The van der Waals surface area contributed by atoms with Crippen LogP contribution in [0.25, 0.3) is 0 Å². The van der Waals surface area contributed by atoms with E-state index in [1.807, 2.05) is 0 Å². The molecule has 0 unspecified atom stereocenters. The second kappa shape index (κ2) is 10.6. The number of hydrogen-bond acceptors (Lipinski definition) is 7. The molecule has 0 aromatic rings. The fourth-order valence-corrected chi connectivity index (χ4v) is 3.75. The van der Waals surface area contributed by atoms with Gasteiger partial charge in [0.25, 0.3) is 0 Å². The van der Waals surface area contributed by atoms with Crippen molar-refractivity contribution in [2.75, 3.05) is 19.8 Å². The van der Waals surface area contributed by atoms with Gasteiger partial charge in [0, 0.05) is 6.54 Å². The zero-order valence-electron chi connectivity index (χ0n) is 17.2. The summed E-state index contributed by atoms with van der Waals surface area (Å²) in [6, 6.07) is -1.19. The van der Waals surface area contributed by atoms with Crippen molar-refractivity contribution >= 4 is 24.1 Å². The number of hydrogen-bond donors (Lipinski definition) is 4. The number of fused-ring (bicyclic) bond motifs is 1. The normalized spacial score (nSPS) is 21.4. The summed E-state index contributed by atoms with van der Waals surface area (Å²) in [5, 5.41) is 24.5. The third-order valence-corrected chi connectivity index (χ3v) is 4.99. The van der Waals surface area contributed by atoms with Crippen LogP contribution in [0.1, 0.15) is 19.8 Å². The van der Waals surface area contributed by atoms with E-state index in [1.54, 1.807) is 0 Å². The zero-order valence-corrected chi connectivity index (χ0v) is 17.2. The largest absolute Gasteiger partial charge is 0.477 e. The SMILES string of the molecule is C=CCOC(=O)NC[C@@H](CC1=C(C(=O)O)N2C(=O)[C@H]([C@@H](C)O)[C@H]2C1)NC(=O)OCC=C. The Labute approximate surface area is 179 Å². The lowest BCUT2D eigenvalue weighted by Crippen LogP contribution is -2.61. The quantitative estimate of drug-likeness (QED) is 0.269. The number of carbonyl (C=O) groups is 4. The lowest BCUT2D eigenvalue weighted by atomic mass is 9.82. The third kappa shape index (κ3) is 5.63. The van der Waals surface area contributed by atoms with E-state index < -0.39 is 48.2 Å². The second-order valence-corrected chi connectivity index (χ2v) is 7.20. The minimum absolute atomic E-state index is 0.000889. The van der Waals surface area contributed by atoms with E-state index >= 15 is 0 Å². The molecule has 0 spiro atoms. The molecule has 2 heterocycles. The number of rotatable bonds is 11. The highest BCUT2D eigenvalue weighted by Crippen LogP contribution is 2.44. The molecule has 1 saturated heterocycles. The highest BCUT2D eigenvalue weighted by molar-refractivity contribution is 5.99. The summed E-state index contributed by atoms with van der Waals surface area (Å²) in [5.74, 6) is -2.41. The maximum atomic E-state index is 12.3. The summed E-state index contributed by atoms with van der Waals surface area (Å²) in [6.07, 6.45) is 0.634. The van der Waals surface area contributed by atoms with Crippen LogP contribution < -0.4 is 10.6 Å². The number of nitrogens with one attached hydrogen (secondary N) is 2. The number of amides is 3. The van der Waals surface area contributed by atoms with Crippen molar-refractivity contribution in [3.05, 3.63) is 36.6 Å². The first-order chi connectivity index (χ1) is 14.7. The van der Waals surface area contributed by atoms with E-state index in [4.69, 9.17) is 9.47 Å². The van der Waals surface area contributed by atoms with E-state index in [9.17, 15) is 29.4 Å². The van der Waals surface area contributed by atoms with E-state index in [2.05, 4.69) is 23.8 Å². The Bertz CT molecular complexity index is 791. The van der Waals surface area contributed by atoms with Crippen LogP contribution in [-0.2, 0) is 19.1 Å². The fourth-order valence-electron chi connectivity index (χ4n) is 3.75. The monoisotopic (exact) mass is 437 g/mol. The predicted octanol–water partition coefficient (Wildman–Crippen LogP) is 0.520. The number of aliphatic hydroxyl groups excluding tert-OH is 1. The molecule has 11 heteroatoms. The van der Waals surface area contributed by atoms with Crippen molar-refractivity contribution < 1.29 is 38.9 Å². The Morgan fingerprint density at radius 3 is 2.39 bits per heavy atom. The van der Waals surface area contributed by atoms with Gasteiger partial charge in [0.05, 0.1) is 24.1 Å². The highest BCUT2D eigenvalue weighted by Gasteiger charge is 2.56. The first kappa shape index (κ1) is 23.9. The van der Waals surface area contributed by atoms with Crippen LogP contribution in [0.15, 0.2) is 36.6 Å². The minimum Gasteiger partial charge on any atom is -0.477 e. The van der Waals surface area contributed by atoms with E-state index in [0.717, 1.165) is 0 Å². The Kier molecular flexibility index (Phi) is 8.20. The maximum Gasteiger partial charge on any atom is 0.407 e. The predicted molar refractivity (Wildman–Crippen MR) is 108 cm³/mol. The van der Waals surface area contributed by atoms with Gasteiger partial charge in [-0.25, -0.2) is 14.4 Å². The minimum atomic E-state index is -1.28. The molecule has 0 saturated carbocycles. The van der Waals surface area contributed by atoms with Crippen molar-refractivity contribution in [2.45, 2.75) is 38.0 Å². The molecule has 2 aliphatic heterocycles. The van der Waals surface area contributed by atoms with Crippen LogP contribution in [0.4, 0.5) is 9.59 Å². The number of carboxylic acids is 1. The molecule has 0 aliphatic carbocycles. The topological polar surface area (TPSA) is 154 Å². The summed E-state index contributed by atoms with van der Waals surface area (Å²) < 4.78 is 9.72. The number of aliphatic hydroxyl groups is 1. The molecule has 4 N–H and O–H groups in total. The molecular weight excluding hydrogens is 410 g/mol. The summed E-state index contributed by atoms with van der Waals surface area (Å²) in [4.78, 5) is 49.0. The van der Waals surface area contributed by atoms with Crippen LogP contribution in [-0.4, -0.2) is 77.1 Å². The number of carboxylic acid groups (broad SMARTS) is 1. The van der Waals surface area contributed by atoms with Gasteiger partial charge in [0.1, 0.15) is 18.9 Å². The molecule has 170 valence electrons. The van der Waals surface area contributed by atoms with Gasteiger partial charge in [-0.05, 0) is 25.3 Å².